The summed E-state index contributed by atoms with van der Waals surface area (Å²) in [6.45, 7) is 7.31. The van der Waals surface area contributed by atoms with E-state index in [2.05, 4.69) is 17.6 Å². The minimum Gasteiger partial charge on any atom is -0.378 e. The molecule has 0 aromatic rings. The van der Waals surface area contributed by atoms with Crippen molar-refractivity contribution in [1.29, 1.82) is 0 Å². The van der Waals surface area contributed by atoms with Crippen molar-refractivity contribution in [1.82, 2.24) is 10.6 Å². The third-order valence-corrected chi connectivity index (χ3v) is 3.07. The first kappa shape index (κ1) is 13.5. The molecule has 94 valence electrons. The van der Waals surface area contributed by atoms with E-state index in [1.807, 2.05) is 13.8 Å². The van der Waals surface area contributed by atoms with E-state index < -0.39 is 0 Å². The molecule has 1 amide bonds. The number of amides is 1. The van der Waals surface area contributed by atoms with E-state index in [-0.39, 0.29) is 11.9 Å². The lowest BCUT2D eigenvalue weighted by atomic mass is 9.89. The zero-order valence-electron chi connectivity index (χ0n) is 10.6. The smallest absolute Gasteiger partial charge is 0.234 e. The number of hydrogen-bond donors (Lipinski definition) is 2. The summed E-state index contributed by atoms with van der Waals surface area (Å²) in [5.74, 6) is 0.0919. The van der Waals surface area contributed by atoms with Crippen LogP contribution in [0.25, 0.3) is 0 Å². The van der Waals surface area contributed by atoms with Crippen LogP contribution >= 0.6 is 0 Å². The van der Waals surface area contributed by atoms with Crippen molar-refractivity contribution in [3.8, 4) is 0 Å². The van der Waals surface area contributed by atoms with E-state index in [0.29, 0.717) is 18.7 Å². The van der Waals surface area contributed by atoms with E-state index >= 15 is 0 Å². The molecule has 0 heterocycles. The molecule has 1 atom stereocenters. The Balaban J connectivity index is 2.02. The molecule has 0 bridgehead atoms. The van der Waals surface area contributed by atoms with Crippen molar-refractivity contribution in [3.63, 3.8) is 0 Å². The van der Waals surface area contributed by atoms with Gasteiger partial charge in [0.2, 0.25) is 5.91 Å². The average molecular weight is 228 g/mol. The van der Waals surface area contributed by atoms with Gasteiger partial charge in [-0.05, 0) is 33.1 Å². The molecule has 0 radical (unpaired) electrons. The topological polar surface area (TPSA) is 50.4 Å². The first-order valence-corrected chi connectivity index (χ1v) is 6.30. The van der Waals surface area contributed by atoms with Crippen molar-refractivity contribution in [2.75, 3.05) is 13.2 Å². The lowest BCUT2D eigenvalue weighted by molar-refractivity contribution is -0.121. The van der Waals surface area contributed by atoms with Gasteiger partial charge in [-0.3, -0.25) is 4.79 Å². The van der Waals surface area contributed by atoms with Crippen LogP contribution in [0.1, 0.15) is 40.0 Å². The second kappa shape index (κ2) is 6.86. The van der Waals surface area contributed by atoms with Crippen LogP contribution in [0.2, 0.25) is 0 Å². The fourth-order valence-electron chi connectivity index (χ4n) is 1.77. The van der Waals surface area contributed by atoms with Gasteiger partial charge in [-0.15, -0.1) is 0 Å². The first-order chi connectivity index (χ1) is 7.65. The Morgan fingerprint density at radius 3 is 2.69 bits per heavy atom. The minimum absolute atomic E-state index is 0.0919. The Morgan fingerprint density at radius 1 is 1.44 bits per heavy atom. The largest absolute Gasteiger partial charge is 0.378 e. The summed E-state index contributed by atoms with van der Waals surface area (Å²) in [6, 6.07) is 0.728. The lowest BCUT2D eigenvalue weighted by Crippen LogP contribution is -2.49. The number of hydrogen-bond acceptors (Lipinski definition) is 3. The molecule has 1 unspecified atom stereocenters. The minimum atomic E-state index is 0.0919. The first-order valence-electron chi connectivity index (χ1n) is 6.30. The van der Waals surface area contributed by atoms with Crippen molar-refractivity contribution in [2.24, 2.45) is 0 Å². The third kappa shape index (κ3) is 4.49. The van der Waals surface area contributed by atoms with E-state index in [1.54, 1.807) is 0 Å². The van der Waals surface area contributed by atoms with Gasteiger partial charge in [0.25, 0.3) is 0 Å². The van der Waals surface area contributed by atoms with Crippen LogP contribution in [0, 0.1) is 0 Å². The van der Waals surface area contributed by atoms with Gasteiger partial charge in [-0.2, -0.15) is 0 Å². The molecule has 0 aromatic carbocycles. The number of carbonyl (C=O) groups excluding carboxylic acids is 1. The summed E-state index contributed by atoms with van der Waals surface area (Å²) < 4.78 is 5.46. The number of ether oxygens (including phenoxy) is 1. The Labute approximate surface area is 98.1 Å². The van der Waals surface area contributed by atoms with Crippen molar-refractivity contribution < 1.29 is 9.53 Å². The molecule has 1 rings (SSSR count). The second-order valence-corrected chi connectivity index (χ2v) is 4.50. The highest BCUT2D eigenvalue weighted by molar-refractivity contribution is 5.78. The van der Waals surface area contributed by atoms with Gasteiger partial charge in [0.1, 0.15) is 0 Å². The van der Waals surface area contributed by atoms with Gasteiger partial charge < -0.3 is 15.4 Å². The maximum absolute atomic E-state index is 11.5. The fraction of sp³-hybridized carbons (Fsp3) is 0.917. The van der Waals surface area contributed by atoms with Gasteiger partial charge in [-0.1, -0.05) is 6.92 Å². The van der Waals surface area contributed by atoms with Crippen LogP contribution < -0.4 is 10.6 Å². The van der Waals surface area contributed by atoms with Gasteiger partial charge in [0.15, 0.2) is 0 Å². The SMILES string of the molecule is CCOC1CC(NCC(=O)NC(C)CC)C1. The van der Waals surface area contributed by atoms with Gasteiger partial charge in [-0.25, -0.2) is 0 Å². The third-order valence-electron chi connectivity index (χ3n) is 3.07. The zero-order valence-corrected chi connectivity index (χ0v) is 10.6. The molecule has 1 saturated carbocycles. The monoisotopic (exact) mass is 228 g/mol. The number of rotatable bonds is 7. The van der Waals surface area contributed by atoms with Crippen LogP contribution in [-0.2, 0) is 9.53 Å². The van der Waals surface area contributed by atoms with Gasteiger partial charge in [0.05, 0.1) is 12.6 Å². The maximum atomic E-state index is 11.5. The Hall–Kier alpha value is -0.610. The normalized spacial score (nSPS) is 25.9. The molecular formula is C12H24N2O2. The predicted molar refractivity (Wildman–Crippen MR) is 64.3 cm³/mol. The lowest BCUT2D eigenvalue weighted by Gasteiger charge is -2.35. The molecule has 0 saturated heterocycles. The summed E-state index contributed by atoms with van der Waals surface area (Å²) in [5.41, 5.74) is 0. The van der Waals surface area contributed by atoms with E-state index in [1.165, 1.54) is 0 Å². The van der Waals surface area contributed by atoms with Gasteiger partial charge in [0, 0.05) is 18.7 Å². The molecule has 1 aliphatic rings. The van der Waals surface area contributed by atoms with Gasteiger partial charge >= 0.3 is 0 Å². The Bertz CT molecular complexity index is 215. The molecule has 1 aliphatic carbocycles. The van der Waals surface area contributed by atoms with Crippen molar-refractivity contribution in [3.05, 3.63) is 0 Å². The van der Waals surface area contributed by atoms with Crippen LogP contribution in [0.15, 0.2) is 0 Å². The van der Waals surface area contributed by atoms with Crippen LogP contribution in [-0.4, -0.2) is 37.2 Å². The standard InChI is InChI=1S/C12H24N2O2/c1-4-9(3)14-12(15)8-13-10-6-11(7-10)16-5-2/h9-11,13H,4-8H2,1-3H3,(H,14,15). The molecule has 0 aliphatic heterocycles. The summed E-state index contributed by atoms with van der Waals surface area (Å²) >= 11 is 0. The Kier molecular flexibility index (Phi) is 5.77. The van der Waals surface area contributed by atoms with E-state index in [0.717, 1.165) is 25.9 Å². The van der Waals surface area contributed by atoms with Crippen LogP contribution in [0.4, 0.5) is 0 Å². The summed E-state index contributed by atoms with van der Waals surface area (Å²) in [6.07, 6.45) is 3.44. The number of carbonyl (C=O) groups is 1. The molecule has 0 aromatic heterocycles. The highest BCUT2D eigenvalue weighted by Crippen LogP contribution is 2.22. The average Bonchev–Trinajstić information content (AvgIpc) is 2.21. The van der Waals surface area contributed by atoms with E-state index in [9.17, 15) is 4.79 Å². The quantitative estimate of drug-likeness (QED) is 0.685. The predicted octanol–water partition coefficient (Wildman–Crippen LogP) is 1.06. The summed E-state index contributed by atoms with van der Waals surface area (Å²) in [7, 11) is 0. The molecule has 4 nitrogen and oxygen atoms in total. The molecule has 4 heteroatoms. The van der Waals surface area contributed by atoms with Crippen LogP contribution in [0.5, 0.6) is 0 Å². The molecule has 1 fully saturated rings. The molecule has 16 heavy (non-hydrogen) atoms. The zero-order chi connectivity index (χ0) is 12.0. The molecular weight excluding hydrogens is 204 g/mol. The molecule has 0 spiro atoms. The van der Waals surface area contributed by atoms with Crippen molar-refractivity contribution in [2.45, 2.75) is 58.2 Å². The van der Waals surface area contributed by atoms with E-state index in [4.69, 9.17) is 4.74 Å². The Morgan fingerprint density at radius 2 is 2.12 bits per heavy atom. The maximum Gasteiger partial charge on any atom is 0.234 e. The van der Waals surface area contributed by atoms with Crippen molar-refractivity contribution >= 4 is 5.91 Å². The number of nitrogens with one attached hydrogen (secondary N) is 2. The summed E-state index contributed by atoms with van der Waals surface area (Å²) in [4.78, 5) is 11.5. The second-order valence-electron chi connectivity index (χ2n) is 4.50. The summed E-state index contributed by atoms with van der Waals surface area (Å²) in [5, 5.41) is 6.18. The molecule has 2 N–H and O–H groups in total. The fourth-order valence-corrected chi connectivity index (χ4v) is 1.77. The highest BCUT2D eigenvalue weighted by Gasteiger charge is 2.29. The van der Waals surface area contributed by atoms with Crippen LogP contribution in [0.3, 0.4) is 0 Å². The highest BCUT2D eigenvalue weighted by atomic mass is 16.5.